The molecule has 0 fully saturated rings. The van der Waals surface area contributed by atoms with E-state index in [9.17, 15) is 4.79 Å². The zero-order valence-electron chi connectivity index (χ0n) is 13.7. The first-order chi connectivity index (χ1) is 10.7. The minimum atomic E-state index is -0.263. The normalized spacial score (nSPS) is 11.6. The predicted octanol–water partition coefficient (Wildman–Crippen LogP) is -0.487. The summed E-state index contributed by atoms with van der Waals surface area (Å²) in [5.74, 6) is -0.263. The molecule has 0 aliphatic heterocycles. The summed E-state index contributed by atoms with van der Waals surface area (Å²) in [5, 5.41) is 0. The maximum Gasteiger partial charge on any atom is 0.338 e. The molecule has 1 N–H and O–H groups in total. The lowest BCUT2D eigenvalue weighted by molar-refractivity contribution is -0.900. The molecule has 124 valence electrons. The second-order valence-corrected chi connectivity index (χ2v) is 5.33. The highest BCUT2D eigenvalue weighted by molar-refractivity contribution is 5.89. The molecule has 0 bridgehead atoms. The number of benzene rings is 2. The fraction of sp³-hybridized carbons (Fsp3) is 0.316. The third-order valence-corrected chi connectivity index (χ3v) is 3.90. The van der Waals surface area contributed by atoms with Crippen molar-refractivity contribution in [2.24, 2.45) is 0 Å². The third kappa shape index (κ3) is 5.70. The van der Waals surface area contributed by atoms with Crippen molar-refractivity contribution in [2.45, 2.75) is 20.0 Å². The number of hydrogen-bond acceptors (Lipinski definition) is 2. The summed E-state index contributed by atoms with van der Waals surface area (Å²) in [5.41, 5.74) is 1.64. The van der Waals surface area contributed by atoms with Crippen molar-refractivity contribution in [3.05, 3.63) is 71.8 Å². The first-order valence-electron chi connectivity index (χ1n) is 7.89. The molecule has 0 amide bonds. The van der Waals surface area contributed by atoms with Gasteiger partial charge in [0.05, 0.1) is 18.7 Å². The zero-order valence-corrected chi connectivity index (χ0v) is 14.4. The van der Waals surface area contributed by atoms with Crippen molar-refractivity contribution in [1.82, 2.24) is 0 Å². The van der Waals surface area contributed by atoms with Crippen molar-refractivity contribution in [3.8, 4) is 0 Å². The number of esters is 1. The topological polar surface area (TPSA) is 30.7 Å². The van der Waals surface area contributed by atoms with Gasteiger partial charge in [-0.25, -0.2) is 4.79 Å². The molecule has 1 unspecified atom stereocenters. The summed E-state index contributed by atoms with van der Waals surface area (Å²) in [6.45, 7) is 7.13. The molecule has 1 atom stereocenters. The van der Waals surface area contributed by atoms with Crippen LogP contribution in [0.4, 0.5) is 0 Å². The number of likely N-dealkylation sites (N-methyl/N-ethyl adjacent to an activating group) is 1. The lowest BCUT2D eigenvalue weighted by Gasteiger charge is -2.23. The van der Waals surface area contributed by atoms with Crippen LogP contribution in [0.1, 0.15) is 35.9 Å². The van der Waals surface area contributed by atoms with Crippen molar-refractivity contribution in [3.63, 3.8) is 0 Å². The third-order valence-electron chi connectivity index (χ3n) is 3.90. The molecular weight excluding hydrogens is 310 g/mol. The van der Waals surface area contributed by atoms with Crippen molar-refractivity contribution in [2.75, 3.05) is 19.6 Å². The van der Waals surface area contributed by atoms with E-state index in [1.54, 1.807) is 12.1 Å². The second-order valence-electron chi connectivity index (χ2n) is 5.33. The van der Waals surface area contributed by atoms with Crippen LogP contribution in [0, 0.1) is 0 Å². The van der Waals surface area contributed by atoms with Gasteiger partial charge in [-0.15, -0.1) is 0 Å². The lowest BCUT2D eigenvalue weighted by Crippen LogP contribution is -3.11. The van der Waals surface area contributed by atoms with Gasteiger partial charge in [0.15, 0.2) is 6.10 Å². The Morgan fingerprint density at radius 3 is 2.00 bits per heavy atom. The predicted molar refractivity (Wildman–Crippen MR) is 88.0 cm³/mol. The van der Waals surface area contributed by atoms with Crippen LogP contribution >= 0.6 is 0 Å². The number of nitrogens with one attached hydrogen (secondary N) is 1. The van der Waals surface area contributed by atoms with E-state index in [0.29, 0.717) is 5.56 Å². The standard InChI is InChI=1S/C19H23NO2.ClH/c1-3-20(4-2)15-18(16-11-7-5-8-12-16)22-19(21)17-13-9-6-10-14-17;/h5-14,18H,3-4,15H2,1-2H3;1H. The summed E-state index contributed by atoms with van der Waals surface area (Å²) >= 11 is 0. The van der Waals surface area contributed by atoms with Crippen LogP contribution < -0.4 is 17.3 Å². The van der Waals surface area contributed by atoms with Crippen LogP contribution in [0.5, 0.6) is 0 Å². The molecule has 23 heavy (non-hydrogen) atoms. The van der Waals surface area contributed by atoms with Gasteiger partial charge < -0.3 is 22.0 Å². The molecule has 2 aromatic carbocycles. The highest BCUT2D eigenvalue weighted by atomic mass is 35.5. The van der Waals surface area contributed by atoms with Crippen LogP contribution in [0.25, 0.3) is 0 Å². The van der Waals surface area contributed by atoms with E-state index >= 15 is 0 Å². The van der Waals surface area contributed by atoms with Gasteiger partial charge in [0.25, 0.3) is 0 Å². The van der Waals surface area contributed by atoms with Crippen molar-refractivity contribution in [1.29, 1.82) is 0 Å². The molecule has 2 aromatic rings. The summed E-state index contributed by atoms with van der Waals surface area (Å²) in [6.07, 6.45) is -0.219. The van der Waals surface area contributed by atoms with Crippen LogP contribution in [0.15, 0.2) is 60.7 Å². The van der Waals surface area contributed by atoms with Gasteiger partial charge in [-0.3, -0.25) is 0 Å². The maximum absolute atomic E-state index is 12.4. The molecular formula is C19H24ClNO2. The van der Waals surface area contributed by atoms with Gasteiger partial charge in [0, 0.05) is 0 Å². The van der Waals surface area contributed by atoms with Crippen molar-refractivity contribution >= 4 is 5.97 Å². The van der Waals surface area contributed by atoms with E-state index in [4.69, 9.17) is 4.74 Å². The number of hydrogen-bond donors (Lipinski definition) is 1. The number of carbonyl (C=O) groups excluding carboxylic acids is 1. The lowest BCUT2D eigenvalue weighted by atomic mass is 10.1. The first-order valence-corrected chi connectivity index (χ1v) is 7.89. The Balaban J connectivity index is 0.00000264. The van der Waals surface area contributed by atoms with Crippen molar-refractivity contribution < 1.29 is 26.8 Å². The molecule has 0 radical (unpaired) electrons. The van der Waals surface area contributed by atoms with E-state index in [1.807, 2.05) is 48.5 Å². The molecule has 0 aliphatic carbocycles. The Hall–Kier alpha value is -1.84. The number of carbonyl (C=O) groups is 1. The Kier molecular flexibility index (Phi) is 8.38. The zero-order chi connectivity index (χ0) is 15.8. The monoisotopic (exact) mass is 333 g/mol. The molecule has 0 aromatic heterocycles. The SMILES string of the molecule is CC[NH+](CC)CC(OC(=O)c1ccccc1)c1ccccc1.[Cl-]. The number of ether oxygens (including phenoxy) is 1. The van der Waals surface area contributed by atoms with Gasteiger partial charge in [-0.2, -0.15) is 0 Å². The quantitative estimate of drug-likeness (QED) is 0.694. The number of quaternary nitrogens is 1. The summed E-state index contributed by atoms with van der Waals surface area (Å²) < 4.78 is 5.80. The van der Waals surface area contributed by atoms with Crippen LogP contribution in [-0.4, -0.2) is 25.6 Å². The Labute approximate surface area is 144 Å². The average molecular weight is 334 g/mol. The largest absolute Gasteiger partial charge is 1.00 e. The molecule has 0 spiro atoms. The fourth-order valence-corrected chi connectivity index (χ4v) is 2.47. The molecule has 0 aliphatic rings. The Bertz CT molecular complexity index is 570. The van der Waals surface area contributed by atoms with E-state index < -0.39 is 0 Å². The van der Waals surface area contributed by atoms with Crippen LogP contribution in [0.3, 0.4) is 0 Å². The van der Waals surface area contributed by atoms with Gasteiger partial charge in [-0.05, 0) is 31.5 Å². The Morgan fingerprint density at radius 1 is 0.957 bits per heavy atom. The highest BCUT2D eigenvalue weighted by Gasteiger charge is 2.22. The minimum absolute atomic E-state index is 0. The second kappa shape index (κ2) is 10.0. The summed E-state index contributed by atoms with van der Waals surface area (Å²) in [6, 6.07) is 19.1. The van der Waals surface area contributed by atoms with Crippen LogP contribution in [-0.2, 0) is 4.74 Å². The van der Waals surface area contributed by atoms with Gasteiger partial charge in [0.1, 0.15) is 6.54 Å². The number of halogens is 1. The first kappa shape index (κ1) is 19.2. The molecule has 0 heterocycles. The minimum Gasteiger partial charge on any atom is -1.00 e. The van der Waals surface area contributed by atoms with Crippen LogP contribution in [0.2, 0.25) is 0 Å². The maximum atomic E-state index is 12.4. The highest BCUT2D eigenvalue weighted by Crippen LogP contribution is 2.17. The summed E-state index contributed by atoms with van der Waals surface area (Å²) in [4.78, 5) is 13.8. The molecule has 0 saturated heterocycles. The average Bonchev–Trinajstić information content (AvgIpc) is 2.60. The fourth-order valence-electron chi connectivity index (χ4n) is 2.47. The van der Waals surface area contributed by atoms with E-state index in [2.05, 4.69) is 13.8 Å². The van der Waals surface area contributed by atoms with Gasteiger partial charge in [0.2, 0.25) is 0 Å². The van der Waals surface area contributed by atoms with Gasteiger partial charge in [-0.1, -0.05) is 48.5 Å². The van der Waals surface area contributed by atoms with Gasteiger partial charge >= 0.3 is 5.97 Å². The van der Waals surface area contributed by atoms with E-state index in [1.165, 1.54) is 4.90 Å². The smallest absolute Gasteiger partial charge is 0.338 e. The molecule has 2 rings (SSSR count). The Morgan fingerprint density at radius 2 is 1.48 bits per heavy atom. The van der Waals surface area contributed by atoms with E-state index in [0.717, 1.165) is 25.2 Å². The number of rotatable bonds is 7. The van der Waals surface area contributed by atoms with E-state index in [-0.39, 0.29) is 24.5 Å². The molecule has 0 saturated carbocycles. The molecule has 3 nitrogen and oxygen atoms in total. The summed E-state index contributed by atoms with van der Waals surface area (Å²) in [7, 11) is 0. The molecule has 4 heteroatoms.